The molecule has 142 valence electrons. The third kappa shape index (κ3) is 4.22. The van der Waals surface area contributed by atoms with Crippen LogP contribution in [0.15, 0.2) is 29.2 Å². The van der Waals surface area contributed by atoms with Crippen LogP contribution in [0.4, 0.5) is 0 Å². The molecule has 8 nitrogen and oxygen atoms in total. The van der Waals surface area contributed by atoms with Crippen LogP contribution in [0.5, 0.6) is 0 Å². The van der Waals surface area contributed by atoms with Crippen LogP contribution in [-0.4, -0.2) is 69.4 Å². The van der Waals surface area contributed by atoms with E-state index in [-0.39, 0.29) is 22.6 Å². The Hall–Kier alpha value is -1.97. The summed E-state index contributed by atoms with van der Waals surface area (Å²) in [5, 5.41) is 5.07. The zero-order valence-electron chi connectivity index (χ0n) is 14.5. The average Bonchev–Trinajstić information content (AvgIpc) is 2.67. The molecule has 0 spiro atoms. The van der Waals surface area contributed by atoms with Gasteiger partial charge in [0.15, 0.2) is 0 Å². The summed E-state index contributed by atoms with van der Waals surface area (Å²) in [6.45, 7) is 3.26. The fourth-order valence-electron chi connectivity index (χ4n) is 3.37. The molecular weight excluding hydrogens is 358 g/mol. The number of carbonyl (C=O) groups is 2. The molecule has 0 aromatic heterocycles. The Morgan fingerprint density at radius 3 is 2.31 bits per heavy atom. The van der Waals surface area contributed by atoms with Crippen LogP contribution >= 0.6 is 0 Å². The molecule has 1 aromatic rings. The Balaban J connectivity index is 1.66. The van der Waals surface area contributed by atoms with Gasteiger partial charge in [-0.1, -0.05) is 0 Å². The molecular formula is C17H23N3O5S. The van der Waals surface area contributed by atoms with Crippen molar-refractivity contribution in [3.8, 4) is 0 Å². The summed E-state index contributed by atoms with van der Waals surface area (Å²) in [5.41, 5.74) is 0.386. The summed E-state index contributed by atoms with van der Waals surface area (Å²) in [4.78, 5) is 28.8. The van der Waals surface area contributed by atoms with Crippen LogP contribution in [0.3, 0.4) is 0 Å². The van der Waals surface area contributed by atoms with Crippen molar-refractivity contribution >= 4 is 21.8 Å². The minimum absolute atomic E-state index is 0.0342. The lowest BCUT2D eigenvalue weighted by molar-refractivity contribution is -0.141. The molecule has 0 radical (unpaired) electrons. The lowest BCUT2D eigenvalue weighted by Gasteiger charge is -2.36. The first-order valence-corrected chi connectivity index (χ1v) is 10.2. The highest BCUT2D eigenvalue weighted by Gasteiger charge is 2.32. The number of piperidine rings is 1. The number of likely N-dealkylation sites (tertiary alicyclic amines) is 1. The first-order valence-electron chi connectivity index (χ1n) is 8.65. The lowest BCUT2D eigenvalue weighted by Crippen LogP contribution is -2.49. The second-order valence-corrected chi connectivity index (χ2v) is 8.16. The van der Waals surface area contributed by atoms with Crippen molar-refractivity contribution in [2.45, 2.75) is 17.7 Å². The van der Waals surface area contributed by atoms with E-state index in [2.05, 4.69) is 0 Å². The monoisotopic (exact) mass is 381 g/mol. The van der Waals surface area contributed by atoms with Crippen LogP contribution in [0, 0.1) is 5.92 Å². The molecule has 2 saturated heterocycles. The van der Waals surface area contributed by atoms with Gasteiger partial charge in [-0.15, -0.1) is 0 Å². The van der Waals surface area contributed by atoms with Gasteiger partial charge in [0.25, 0.3) is 5.91 Å². The Labute approximate surface area is 152 Å². The van der Waals surface area contributed by atoms with Gasteiger partial charge >= 0.3 is 0 Å². The summed E-state index contributed by atoms with van der Waals surface area (Å²) in [6.07, 6.45) is 1.53. The third-order valence-corrected chi connectivity index (χ3v) is 5.74. The number of benzene rings is 1. The number of hydrogen-bond acceptors (Lipinski definition) is 5. The largest absolute Gasteiger partial charge is 0.378 e. The smallest absolute Gasteiger partial charge is 0.253 e. The molecule has 1 atom stereocenters. The zero-order chi connectivity index (χ0) is 18.7. The maximum absolute atomic E-state index is 12.7. The van der Waals surface area contributed by atoms with E-state index >= 15 is 0 Å². The predicted octanol–water partition coefficient (Wildman–Crippen LogP) is 0.0450. The van der Waals surface area contributed by atoms with E-state index in [1.54, 1.807) is 4.90 Å². The first kappa shape index (κ1) is 18.8. The molecule has 2 heterocycles. The summed E-state index contributed by atoms with van der Waals surface area (Å²) in [7, 11) is -3.79. The van der Waals surface area contributed by atoms with Crippen molar-refractivity contribution in [2.75, 3.05) is 39.4 Å². The standard InChI is InChI=1S/C17H23N3O5S/c18-26(23,24)15-5-3-13(4-6-15)16(21)20-7-1-2-14(12-20)17(22)19-8-10-25-11-9-19/h3-6,14H,1-2,7-12H2,(H2,18,23,24)/t14-/m1/s1. The molecule has 0 aliphatic carbocycles. The second kappa shape index (κ2) is 7.73. The Morgan fingerprint density at radius 2 is 1.69 bits per heavy atom. The number of nitrogens with two attached hydrogens (primary N) is 1. The Bertz CT molecular complexity index is 772. The predicted molar refractivity (Wildman–Crippen MR) is 93.8 cm³/mol. The van der Waals surface area contributed by atoms with Crippen LogP contribution in [0.1, 0.15) is 23.2 Å². The van der Waals surface area contributed by atoms with E-state index in [4.69, 9.17) is 9.88 Å². The molecule has 2 aliphatic rings. The second-order valence-electron chi connectivity index (χ2n) is 6.60. The quantitative estimate of drug-likeness (QED) is 0.795. The topological polar surface area (TPSA) is 110 Å². The van der Waals surface area contributed by atoms with Crippen molar-refractivity contribution in [1.29, 1.82) is 0 Å². The number of hydrogen-bond donors (Lipinski definition) is 1. The van der Waals surface area contributed by atoms with Crippen LogP contribution in [0.2, 0.25) is 0 Å². The molecule has 0 saturated carbocycles. The average molecular weight is 381 g/mol. The Kier molecular flexibility index (Phi) is 5.59. The van der Waals surface area contributed by atoms with E-state index < -0.39 is 10.0 Å². The van der Waals surface area contributed by atoms with E-state index in [0.29, 0.717) is 45.0 Å². The zero-order valence-corrected chi connectivity index (χ0v) is 15.3. The first-order chi connectivity index (χ1) is 12.4. The van der Waals surface area contributed by atoms with Crippen LogP contribution in [0.25, 0.3) is 0 Å². The molecule has 2 fully saturated rings. The van der Waals surface area contributed by atoms with Gasteiger partial charge < -0.3 is 14.5 Å². The lowest BCUT2D eigenvalue weighted by atomic mass is 9.95. The molecule has 3 rings (SSSR count). The highest BCUT2D eigenvalue weighted by atomic mass is 32.2. The maximum Gasteiger partial charge on any atom is 0.253 e. The van der Waals surface area contributed by atoms with Gasteiger partial charge in [0.2, 0.25) is 15.9 Å². The van der Waals surface area contributed by atoms with Gasteiger partial charge in [-0.05, 0) is 37.1 Å². The normalized spacial score (nSPS) is 21.5. The minimum atomic E-state index is -3.79. The number of nitrogens with zero attached hydrogens (tertiary/aromatic N) is 2. The fourth-order valence-corrected chi connectivity index (χ4v) is 3.89. The van der Waals surface area contributed by atoms with Crippen molar-refractivity contribution < 1.29 is 22.7 Å². The van der Waals surface area contributed by atoms with Gasteiger partial charge in [0.1, 0.15) is 0 Å². The maximum atomic E-state index is 12.7. The van der Waals surface area contributed by atoms with Gasteiger partial charge in [-0.3, -0.25) is 9.59 Å². The molecule has 2 aliphatic heterocycles. The summed E-state index contributed by atoms with van der Waals surface area (Å²) in [5.74, 6) is -0.324. The molecule has 0 unspecified atom stereocenters. The molecule has 1 aromatic carbocycles. The number of carbonyl (C=O) groups excluding carboxylic acids is 2. The van der Waals surface area contributed by atoms with E-state index in [1.807, 2.05) is 4.90 Å². The van der Waals surface area contributed by atoms with Crippen molar-refractivity contribution in [3.63, 3.8) is 0 Å². The van der Waals surface area contributed by atoms with Crippen LogP contribution in [-0.2, 0) is 19.6 Å². The summed E-state index contributed by atoms with van der Waals surface area (Å²) < 4.78 is 27.9. The number of morpholine rings is 1. The number of rotatable bonds is 3. The third-order valence-electron chi connectivity index (χ3n) is 4.81. The molecule has 2 N–H and O–H groups in total. The van der Waals surface area contributed by atoms with E-state index in [1.165, 1.54) is 24.3 Å². The van der Waals surface area contributed by atoms with Crippen molar-refractivity contribution in [3.05, 3.63) is 29.8 Å². The fraction of sp³-hybridized carbons (Fsp3) is 0.529. The SMILES string of the molecule is NS(=O)(=O)c1ccc(C(=O)N2CCC[C@@H](C(=O)N3CCOCC3)C2)cc1. The van der Waals surface area contributed by atoms with Crippen molar-refractivity contribution in [2.24, 2.45) is 11.1 Å². The van der Waals surface area contributed by atoms with E-state index in [0.717, 1.165) is 12.8 Å². The number of sulfonamides is 1. The minimum Gasteiger partial charge on any atom is -0.378 e. The summed E-state index contributed by atoms with van der Waals surface area (Å²) >= 11 is 0. The van der Waals surface area contributed by atoms with Gasteiger partial charge in [0, 0.05) is 31.7 Å². The summed E-state index contributed by atoms with van der Waals surface area (Å²) in [6, 6.07) is 5.55. The van der Waals surface area contributed by atoms with Gasteiger partial charge in [-0.2, -0.15) is 0 Å². The molecule has 9 heteroatoms. The number of ether oxygens (including phenoxy) is 1. The molecule has 2 amide bonds. The highest BCUT2D eigenvalue weighted by molar-refractivity contribution is 7.89. The van der Waals surface area contributed by atoms with Crippen molar-refractivity contribution in [1.82, 2.24) is 9.80 Å². The van der Waals surface area contributed by atoms with E-state index in [9.17, 15) is 18.0 Å². The number of primary sulfonamides is 1. The van der Waals surface area contributed by atoms with Crippen LogP contribution < -0.4 is 5.14 Å². The molecule has 0 bridgehead atoms. The number of amides is 2. The van der Waals surface area contributed by atoms with Gasteiger partial charge in [0.05, 0.1) is 24.0 Å². The molecule has 26 heavy (non-hydrogen) atoms. The van der Waals surface area contributed by atoms with Gasteiger partial charge in [-0.25, -0.2) is 13.6 Å². The highest BCUT2D eigenvalue weighted by Crippen LogP contribution is 2.21. The Morgan fingerprint density at radius 1 is 1.04 bits per heavy atom.